The molecule has 2 rings (SSSR count). The first-order valence-electron chi connectivity index (χ1n) is 7.62. The molecule has 104 valence electrons. The monoisotopic (exact) mass is 253 g/mol. The van der Waals surface area contributed by atoms with Gasteiger partial charge in [0.2, 0.25) is 0 Å². The second-order valence-electron chi connectivity index (χ2n) is 6.22. The summed E-state index contributed by atoms with van der Waals surface area (Å²) in [4.78, 5) is 13.3. The maximum atomic E-state index is 10.7. The fraction of sp³-hybridized carbons (Fsp3) is 0.933. The number of hydrogen-bond acceptors (Lipinski definition) is 2. The van der Waals surface area contributed by atoms with Crippen LogP contribution < -0.4 is 0 Å². The van der Waals surface area contributed by atoms with Gasteiger partial charge in [-0.1, -0.05) is 19.3 Å². The summed E-state index contributed by atoms with van der Waals surface area (Å²) in [6.45, 7) is 4.60. The Morgan fingerprint density at radius 3 is 2.33 bits per heavy atom. The molecule has 0 aromatic heterocycles. The molecule has 1 aliphatic carbocycles. The molecule has 1 saturated carbocycles. The van der Waals surface area contributed by atoms with E-state index in [9.17, 15) is 4.79 Å². The van der Waals surface area contributed by atoms with Gasteiger partial charge in [-0.3, -0.25) is 4.79 Å². The predicted octanol–water partition coefficient (Wildman–Crippen LogP) is 3.14. The van der Waals surface area contributed by atoms with Crippen molar-refractivity contribution in [3.63, 3.8) is 0 Å². The van der Waals surface area contributed by atoms with Crippen molar-refractivity contribution < 1.29 is 9.90 Å². The molecule has 0 aromatic rings. The summed E-state index contributed by atoms with van der Waals surface area (Å²) in [5, 5.41) is 8.83. The number of carboxylic acids is 1. The highest BCUT2D eigenvalue weighted by molar-refractivity contribution is 5.67. The molecule has 1 heterocycles. The van der Waals surface area contributed by atoms with Crippen molar-refractivity contribution in [2.45, 2.75) is 64.3 Å². The first-order chi connectivity index (χ1) is 8.66. The van der Waals surface area contributed by atoms with Gasteiger partial charge in [-0.25, -0.2) is 0 Å². The van der Waals surface area contributed by atoms with Gasteiger partial charge in [0.05, 0.1) is 0 Å². The highest BCUT2D eigenvalue weighted by atomic mass is 16.4. The Kier molecular flexibility index (Phi) is 5.04. The molecular formula is C15H27NO2. The second-order valence-corrected chi connectivity index (χ2v) is 6.22. The van der Waals surface area contributed by atoms with Crippen LogP contribution in [0.1, 0.15) is 58.3 Å². The summed E-state index contributed by atoms with van der Waals surface area (Å²) in [5.74, 6) is 0.667. The number of carboxylic acid groups (broad SMARTS) is 1. The van der Waals surface area contributed by atoms with E-state index in [4.69, 9.17) is 5.11 Å². The summed E-state index contributed by atoms with van der Waals surface area (Å²) in [6.07, 6.45) is 9.55. The Hall–Kier alpha value is -0.570. The molecule has 0 aromatic carbocycles. The van der Waals surface area contributed by atoms with Crippen LogP contribution in [0.3, 0.4) is 0 Å². The largest absolute Gasteiger partial charge is 0.481 e. The second kappa shape index (κ2) is 6.55. The van der Waals surface area contributed by atoms with E-state index in [-0.39, 0.29) is 0 Å². The van der Waals surface area contributed by atoms with Crippen molar-refractivity contribution in [3.8, 4) is 0 Å². The topological polar surface area (TPSA) is 40.5 Å². The van der Waals surface area contributed by atoms with Gasteiger partial charge in [-0.15, -0.1) is 0 Å². The summed E-state index contributed by atoms with van der Waals surface area (Å²) in [6, 6.07) is 0.705. The summed E-state index contributed by atoms with van der Waals surface area (Å²) in [7, 11) is 0. The molecule has 0 amide bonds. The number of carbonyl (C=O) groups is 1. The zero-order valence-corrected chi connectivity index (χ0v) is 11.6. The Morgan fingerprint density at radius 2 is 1.78 bits per heavy atom. The lowest BCUT2D eigenvalue weighted by Gasteiger charge is -2.40. The van der Waals surface area contributed by atoms with Crippen molar-refractivity contribution in [2.24, 2.45) is 11.8 Å². The molecule has 3 heteroatoms. The molecule has 1 aliphatic heterocycles. The standard InChI is InChI=1S/C15H27NO2/c1-12(14-5-3-2-4-6-14)16-9-7-13(8-10-16)11-15(17)18/h12-14H,2-11H2,1H3,(H,17,18). The van der Waals surface area contributed by atoms with Crippen LogP contribution in [0, 0.1) is 11.8 Å². The lowest BCUT2D eigenvalue weighted by atomic mass is 9.82. The molecule has 3 nitrogen and oxygen atoms in total. The highest BCUT2D eigenvalue weighted by Crippen LogP contribution is 2.31. The maximum absolute atomic E-state index is 10.7. The predicted molar refractivity (Wildman–Crippen MR) is 72.6 cm³/mol. The smallest absolute Gasteiger partial charge is 0.303 e. The molecule has 0 spiro atoms. The number of aliphatic carboxylic acids is 1. The first kappa shape index (κ1) is 13.9. The minimum absolute atomic E-state index is 0.367. The number of nitrogens with zero attached hydrogens (tertiary/aromatic N) is 1. The average Bonchev–Trinajstić information content (AvgIpc) is 2.39. The van der Waals surface area contributed by atoms with Crippen LogP contribution in [-0.4, -0.2) is 35.1 Å². The summed E-state index contributed by atoms with van der Waals surface area (Å²) >= 11 is 0. The molecule has 0 bridgehead atoms. The molecule has 1 saturated heterocycles. The van der Waals surface area contributed by atoms with Gasteiger partial charge in [-0.05, 0) is 57.5 Å². The number of piperidine rings is 1. The summed E-state index contributed by atoms with van der Waals surface area (Å²) < 4.78 is 0. The molecule has 18 heavy (non-hydrogen) atoms. The van der Waals surface area contributed by atoms with Crippen LogP contribution in [0.5, 0.6) is 0 Å². The normalized spacial score (nSPS) is 26.1. The SMILES string of the molecule is CC(C1CCCCC1)N1CCC(CC(=O)O)CC1. The highest BCUT2D eigenvalue weighted by Gasteiger charge is 2.29. The van der Waals surface area contributed by atoms with Crippen LogP contribution in [0.2, 0.25) is 0 Å². The molecular weight excluding hydrogens is 226 g/mol. The maximum Gasteiger partial charge on any atom is 0.303 e. The van der Waals surface area contributed by atoms with Gasteiger partial charge in [0, 0.05) is 12.5 Å². The van der Waals surface area contributed by atoms with E-state index in [1.807, 2.05) is 0 Å². The Labute approximate surface area is 111 Å². The van der Waals surface area contributed by atoms with Crippen LogP contribution in [0.25, 0.3) is 0 Å². The van der Waals surface area contributed by atoms with Crippen molar-refractivity contribution in [3.05, 3.63) is 0 Å². The van der Waals surface area contributed by atoms with Gasteiger partial charge in [-0.2, -0.15) is 0 Å². The van der Waals surface area contributed by atoms with Gasteiger partial charge < -0.3 is 10.0 Å². The van der Waals surface area contributed by atoms with Crippen molar-refractivity contribution in [1.29, 1.82) is 0 Å². The molecule has 0 radical (unpaired) electrons. The number of hydrogen-bond donors (Lipinski definition) is 1. The van der Waals surface area contributed by atoms with E-state index in [1.165, 1.54) is 32.1 Å². The van der Waals surface area contributed by atoms with Crippen molar-refractivity contribution in [2.75, 3.05) is 13.1 Å². The van der Waals surface area contributed by atoms with Crippen LogP contribution >= 0.6 is 0 Å². The summed E-state index contributed by atoms with van der Waals surface area (Å²) in [5.41, 5.74) is 0. The quantitative estimate of drug-likeness (QED) is 0.836. The van der Waals surface area contributed by atoms with E-state index in [1.54, 1.807) is 0 Å². The zero-order valence-electron chi connectivity index (χ0n) is 11.6. The lowest BCUT2D eigenvalue weighted by molar-refractivity contribution is -0.138. The van der Waals surface area contributed by atoms with E-state index in [2.05, 4.69) is 11.8 Å². The van der Waals surface area contributed by atoms with Crippen molar-refractivity contribution >= 4 is 5.97 Å². The molecule has 1 atom stereocenters. The van der Waals surface area contributed by atoms with Crippen LogP contribution in [0.4, 0.5) is 0 Å². The average molecular weight is 253 g/mol. The molecule has 2 aliphatic rings. The fourth-order valence-corrected chi connectivity index (χ4v) is 3.73. The van der Waals surface area contributed by atoms with E-state index in [0.717, 1.165) is 31.8 Å². The number of likely N-dealkylation sites (tertiary alicyclic amines) is 1. The van der Waals surface area contributed by atoms with Crippen LogP contribution in [0.15, 0.2) is 0 Å². The fourth-order valence-electron chi connectivity index (χ4n) is 3.73. The Morgan fingerprint density at radius 1 is 1.17 bits per heavy atom. The molecule has 1 N–H and O–H groups in total. The molecule has 2 fully saturated rings. The number of rotatable bonds is 4. The van der Waals surface area contributed by atoms with E-state index in [0.29, 0.717) is 18.4 Å². The van der Waals surface area contributed by atoms with Gasteiger partial charge in [0.15, 0.2) is 0 Å². The molecule has 1 unspecified atom stereocenters. The minimum atomic E-state index is -0.631. The zero-order chi connectivity index (χ0) is 13.0. The van der Waals surface area contributed by atoms with E-state index < -0.39 is 5.97 Å². The minimum Gasteiger partial charge on any atom is -0.481 e. The third-order valence-corrected chi connectivity index (χ3v) is 5.02. The van der Waals surface area contributed by atoms with Crippen molar-refractivity contribution in [1.82, 2.24) is 4.90 Å². The van der Waals surface area contributed by atoms with E-state index >= 15 is 0 Å². The van der Waals surface area contributed by atoms with Crippen LogP contribution in [-0.2, 0) is 4.79 Å². The van der Waals surface area contributed by atoms with Gasteiger partial charge >= 0.3 is 5.97 Å². The third kappa shape index (κ3) is 3.71. The van der Waals surface area contributed by atoms with Gasteiger partial charge in [0.1, 0.15) is 0 Å². The Balaban J connectivity index is 1.76. The first-order valence-corrected chi connectivity index (χ1v) is 7.62. The van der Waals surface area contributed by atoms with Gasteiger partial charge in [0.25, 0.3) is 0 Å². The Bertz CT molecular complexity index is 266. The third-order valence-electron chi connectivity index (χ3n) is 5.02. The lowest BCUT2D eigenvalue weighted by Crippen LogP contribution is -2.44.